The Hall–Kier alpha value is -0.190. The van der Waals surface area contributed by atoms with Crippen LogP contribution >= 0.6 is 27.7 Å². The first-order valence-electron chi connectivity index (χ1n) is 7.49. The third kappa shape index (κ3) is 3.18. The largest absolute Gasteiger partial charge is 0.493 e. The van der Waals surface area contributed by atoms with Crippen LogP contribution in [0.5, 0.6) is 5.75 Å². The molecule has 1 heterocycles. The van der Waals surface area contributed by atoms with E-state index in [2.05, 4.69) is 45.7 Å². The Morgan fingerprint density at radius 2 is 2.10 bits per heavy atom. The van der Waals surface area contributed by atoms with Gasteiger partial charge in [-0.25, -0.2) is 0 Å². The van der Waals surface area contributed by atoms with Gasteiger partial charge >= 0.3 is 0 Å². The number of benzene rings is 1. The summed E-state index contributed by atoms with van der Waals surface area (Å²) in [6.07, 6.45) is 8.74. The Morgan fingerprint density at radius 1 is 1.25 bits per heavy atom. The number of fused-ring (bicyclic) bond motifs is 1. The van der Waals surface area contributed by atoms with Gasteiger partial charge in [0.2, 0.25) is 0 Å². The highest BCUT2D eigenvalue weighted by Gasteiger charge is 2.29. The molecule has 1 fully saturated rings. The van der Waals surface area contributed by atoms with Gasteiger partial charge in [0, 0.05) is 33.8 Å². The van der Waals surface area contributed by atoms with Crippen molar-refractivity contribution < 1.29 is 4.74 Å². The number of ether oxygens (including phenoxy) is 1. The lowest BCUT2D eigenvalue weighted by Crippen LogP contribution is -2.43. The van der Waals surface area contributed by atoms with Crippen molar-refractivity contribution in [3.8, 4) is 5.75 Å². The molecule has 0 bridgehead atoms. The van der Waals surface area contributed by atoms with Crippen LogP contribution in [0.2, 0.25) is 0 Å². The lowest BCUT2D eigenvalue weighted by molar-refractivity contribution is 0.234. The molecule has 2 aliphatic rings. The van der Waals surface area contributed by atoms with Crippen LogP contribution in [0.4, 0.5) is 0 Å². The molecule has 0 radical (unpaired) electrons. The van der Waals surface area contributed by atoms with Gasteiger partial charge in [-0.15, -0.1) is 0 Å². The van der Waals surface area contributed by atoms with Gasteiger partial charge in [0.05, 0.1) is 6.61 Å². The molecule has 1 saturated carbocycles. The quantitative estimate of drug-likeness (QED) is 0.859. The predicted octanol–water partition coefficient (Wildman–Crippen LogP) is 4.54. The molecule has 1 aliphatic heterocycles. The van der Waals surface area contributed by atoms with E-state index in [9.17, 15) is 0 Å². The van der Waals surface area contributed by atoms with E-state index in [0.717, 1.165) is 28.5 Å². The SMILES string of the molecule is CSC1CCCCC1NC1CCOc2ccc(Br)cc21. The minimum Gasteiger partial charge on any atom is -0.493 e. The standard InChI is InChI=1S/C16H22BrNOS/c1-20-16-5-3-2-4-14(16)18-13-8-9-19-15-7-6-11(17)10-12(13)15/h6-7,10,13-14,16,18H,2-5,8-9H2,1H3. The van der Waals surface area contributed by atoms with Crippen LogP contribution in [0.3, 0.4) is 0 Å². The number of rotatable bonds is 3. The summed E-state index contributed by atoms with van der Waals surface area (Å²) in [6, 6.07) is 7.44. The molecule has 0 aromatic heterocycles. The third-order valence-electron chi connectivity index (χ3n) is 4.43. The van der Waals surface area contributed by atoms with E-state index in [-0.39, 0.29) is 0 Å². The molecule has 1 aliphatic carbocycles. The summed E-state index contributed by atoms with van der Waals surface area (Å²) >= 11 is 5.61. The molecule has 0 spiro atoms. The first-order valence-corrected chi connectivity index (χ1v) is 9.57. The highest BCUT2D eigenvalue weighted by atomic mass is 79.9. The van der Waals surface area contributed by atoms with Crippen molar-refractivity contribution >= 4 is 27.7 Å². The monoisotopic (exact) mass is 355 g/mol. The Balaban J connectivity index is 1.76. The van der Waals surface area contributed by atoms with Gasteiger partial charge in [0.1, 0.15) is 5.75 Å². The van der Waals surface area contributed by atoms with Crippen LogP contribution in [0.15, 0.2) is 22.7 Å². The van der Waals surface area contributed by atoms with Crippen molar-refractivity contribution in [2.75, 3.05) is 12.9 Å². The third-order valence-corrected chi connectivity index (χ3v) is 6.09. The average Bonchev–Trinajstić information content (AvgIpc) is 2.48. The van der Waals surface area contributed by atoms with Gasteiger partial charge < -0.3 is 10.1 Å². The Kier molecular flexibility index (Phi) is 4.95. The molecule has 4 heteroatoms. The van der Waals surface area contributed by atoms with E-state index in [1.807, 2.05) is 11.8 Å². The fraction of sp³-hybridized carbons (Fsp3) is 0.625. The lowest BCUT2D eigenvalue weighted by atomic mass is 9.92. The average molecular weight is 356 g/mol. The number of halogens is 1. The molecular weight excluding hydrogens is 334 g/mol. The van der Waals surface area contributed by atoms with Crippen LogP contribution in [0.25, 0.3) is 0 Å². The summed E-state index contributed by atoms with van der Waals surface area (Å²) in [5, 5.41) is 4.69. The van der Waals surface area contributed by atoms with Gasteiger partial charge in [0.15, 0.2) is 0 Å². The first-order chi connectivity index (χ1) is 9.78. The summed E-state index contributed by atoms with van der Waals surface area (Å²) < 4.78 is 6.92. The lowest BCUT2D eigenvalue weighted by Gasteiger charge is -2.36. The zero-order chi connectivity index (χ0) is 13.9. The number of nitrogens with one attached hydrogen (secondary N) is 1. The zero-order valence-electron chi connectivity index (χ0n) is 11.9. The molecule has 0 saturated heterocycles. The van der Waals surface area contributed by atoms with Crippen LogP contribution in [-0.2, 0) is 0 Å². The van der Waals surface area contributed by atoms with Crippen LogP contribution in [0, 0.1) is 0 Å². The molecule has 3 rings (SSSR count). The highest BCUT2D eigenvalue weighted by molar-refractivity contribution is 9.10. The van der Waals surface area contributed by atoms with Crippen LogP contribution < -0.4 is 10.1 Å². The number of thioether (sulfide) groups is 1. The van der Waals surface area contributed by atoms with Crippen LogP contribution in [0.1, 0.15) is 43.7 Å². The molecule has 2 nitrogen and oxygen atoms in total. The van der Waals surface area contributed by atoms with E-state index >= 15 is 0 Å². The van der Waals surface area contributed by atoms with Crippen molar-refractivity contribution in [2.24, 2.45) is 0 Å². The number of hydrogen-bond donors (Lipinski definition) is 1. The molecule has 3 atom stereocenters. The Labute approximate surface area is 134 Å². The summed E-state index contributed by atoms with van der Waals surface area (Å²) in [4.78, 5) is 0. The number of hydrogen-bond acceptors (Lipinski definition) is 3. The summed E-state index contributed by atoms with van der Waals surface area (Å²) in [6.45, 7) is 0.822. The van der Waals surface area contributed by atoms with Crippen molar-refractivity contribution in [1.29, 1.82) is 0 Å². The molecule has 0 amide bonds. The predicted molar refractivity (Wildman–Crippen MR) is 89.7 cm³/mol. The van der Waals surface area contributed by atoms with Gasteiger partial charge in [-0.3, -0.25) is 0 Å². The van der Waals surface area contributed by atoms with Crippen molar-refractivity contribution in [1.82, 2.24) is 5.32 Å². The fourth-order valence-electron chi connectivity index (χ4n) is 3.37. The zero-order valence-corrected chi connectivity index (χ0v) is 14.3. The van der Waals surface area contributed by atoms with Gasteiger partial charge in [-0.1, -0.05) is 28.8 Å². The summed E-state index contributed by atoms with van der Waals surface area (Å²) in [5.74, 6) is 1.05. The topological polar surface area (TPSA) is 21.3 Å². The molecule has 1 N–H and O–H groups in total. The van der Waals surface area contributed by atoms with Crippen LogP contribution in [-0.4, -0.2) is 24.2 Å². The second-order valence-electron chi connectivity index (χ2n) is 5.70. The minimum absolute atomic E-state index is 0.439. The fourth-order valence-corrected chi connectivity index (χ4v) is 4.69. The van der Waals surface area contributed by atoms with Crippen molar-refractivity contribution in [3.63, 3.8) is 0 Å². The molecule has 3 unspecified atom stereocenters. The first kappa shape index (κ1) is 14.7. The molecular formula is C16H22BrNOS. The Morgan fingerprint density at radius 3 is 2.95 bits per heavy atom. The van der Waals surface area contributed by atoms with E-state index in [4.69, 9.17) is 4.74 Å². The minimum atomic E-state index is 0.439. The van der Waals surface area contributed by atoms with Gasteiger partial charge in [-0.2, -0.15) is 11.8 Å². The smallest absolute Gasteiger partial charge is 0.124 e. The van der Waals surface area contributed by atoms with E-state index in [1.54, 1.807) is 0 Å². The van der Waals surface area contributed by atoms with Crippen molar-refractivity contribution in [3.05, 3.63) is 28.2 Å². The van der Waals surface area contributed by atoms with Crippen molar-refractivity contribution in [2.45, 2.75) is 49.4 Å². The molecule has 1 aromatic carbocycles. The van der Waals surface area contributed by atoms with E-state index in [1.165, 1.54) is 31.2 Å². The molecule has 110 valence electrons. The summed E-state index contributed by atoms with van der Waals surface area (Å²) in [7, 11) is 0. The van der Waals surface area contributed by atoms with Gasteiger partial charge in [0.25, 0.3) is 0 Å². The second kappa shape index (κ2) is 6.71. The normalized spacial score (nSPS) is 29.6. The second-order valence-corrected chi connectivity index (χ2v) is 7.70. The maximum Gasteiger partial charge on any atom is 0.124 e. The maximum absolute atomic E-state index is 5.78. The maximum atomic E-state index is 5.78. The van der Waals surface area contributed by atoms with E-state index < -0.39 is 0 Å². The summed E-state index contributed by atoms with van der Waals surface area (Å²) in [5.41, 5.74) is 1.32. The Bertz CT molecular complexity index is 468. The molecule has 1 aromatic rings. The molecule has 20 heavy (non-hydrogen) atoms. The van der Waals surface area contributed by atoms with E-state index in [0.29, 0.717) is 12.1 Å². The van der Waals surface area contributed by atoms with Gasteiger partial charge in [-0.05, 0) is 37.3 Å². The highest BCUT2D eigenvalue weighted by Crippen LogP contribution is 2.36.